The molecule has 0 aliphatic heterocycles. The number of allylic oxidation sites excluding steroid dienone is 1. The van der Waals surface area contributed by atoms with E-state index in [1.165, 1.54) is 61.2 Å². The molecular formula is C50H48Zr. The summed E-state index contributed by atoms with van der Waals surface area (Å²) in [5.74, 6) is 0. The molecule has 0 heterocycles. The summed E-state index contributed by atoms with van der Waals surface area (Å²) in [7, 11) is 0. The van der Waals surface area contributed by atoms with Crippen molar-refractivity contribution in [2.75, 3.05) is 0 Å². The molecule has 0 radical (unpaired) electrons. The Kier molecular flexibility index (Phi) is 8.71. The van der Waals surface area contributed by atoms with Gasteiger partial charge in [-0.1, -0.05) is 0 Å². The third-order valence-corrected chi connectivity index (χ3v) is 20.5. The zero-order chi connectivity index (χ0) is 35.5. The molecule has 0 bridgehead atoms. The molecule has 1 heteroatoms. The van der Waals surface area contributed by atoms with Crippen molar-refractivity contribution in [2.24, 2.45) is 0 Å². The first kappa shape index (κ1) is 33.9. The number of benzene rings is 6. The minimum atomic E-state index is -3.01. The quantitative estimate of drug-likeness (QED) is 0.165. The Hall–Kier alpha value is -4.19. The van der Waals surface area contributed by atoms with Gasteiger partial charge in [-0.05, 0) is 0 Å². The molecule has 51 heavy (non-hydrogen) atoms. The minimum absolute atomic E-state index is 0.0558. The number of rotatable bonds is 5. The van der Waals surface area contributed by atoms with Crippen molar-refractivity contribution in [1.29, 1.82) is 0 Å². The summed E-state index contributed by atoms with van der Waals surface area (Å²) in [4.78, 5) is 0. The number of fused-ring (bicyclic) bond motifs is 4. The fraction of sp³-hybridized carbons (Fsp3) is 0.220. The van der Waals surface area contributed by atoms with E-state index in [4.69, 9.17) is 0 Å². The normalized spacial score (nSPS) is 15.2. The van der Waals surface area contributed by atoms with Crippen LogP contribution in [0.15, 0.2) is 151 Å². The van der Waals surface area contributed by atoms with Crippen LogP contribution in [-0.2, 0) is 32.1 Å². The monoisotopic (exact) mass is 738 g/mol. The molecule has 6 aromatic carbocycles. The van der Waals surface area contributed by atoms with Gasteiger partial charge in [-0.25, -0.2) is 0 Å². The van der Waals surface area contributed by atoms with Gasteiger partial charge in [0.2, 0.25) is 0 Å². The van der Waals surface area contributed by atoms with Gasteiger partial charge in [0, 0.05) is 0 Å². The van der Waals surface area contributed by atoms with Crippen LogP contribution in [0.5, 0.6) is 0 Å². The van der Waals surface area contributed by atoms with Crippen molar-refractivity contribution in [2.45, 2.75) is 66.5 Å². The van der Waals surface area contributed by atoms with Crippen molar-refractivity contribution < 1.29 is 21.3 Å². The molecule has 2 aliphatic rings. The van der Waals surface area contributed by atoms with E-state index in [9.17, 15) is 0 Å². The van der Waals surface area contributed by atoms with Crippen LogP contribution in [0.2, 0.25) is 0 Å². The Morgan fingerprint density at radius 1 is 0.471 bits per heavy atom. The number of hydrogen-bond acceptors (Lipinski definition) is 0. The van der Waals surface area contributed by atoms with E-state index in [1.807, 2.05) is 0 Å². The maximum atomic E-state index is 2.61. The molecule has 6 aromatic rings. The first-order valence-electron chi connectivity index (χ1n) is 18.5. The van der Waals surface area contributed by atoms with Crippen molar-refractivity contribution in [3.05, 3.63) is 196 Å². The van der Waals surface area contributed by atoms with Gasteiger partial charge < -0.3 is 0 Å². The molecule has 1 atom stereocenters. The third-order valence-electron chi connectivity index (χ3n) is 11.1. The molecule has 0 nitrogen and oxygen atoms in total. The van der Waals surface area contributed by atoms with Crippen LogP contribution < -0.4 is 0 Å². The Bertz CT molecular complexity index is 2200. The molecule has 0 saturated carbocycles. The number of hydrogen-bond donors (Lipinski definition) is 0. The summed E-state index contributed by atoms with van der Waals surface area (Å²) in [6.45, 7) is 16.6. The molecule has 0 amide bonds. The first-order valence-corrected chi connectivity index (χ1v) is 22.6. The van der Waals surface area contributed by atoms with E-state index < -0.39 is 21.3 Å². The molecule has 0 saturated heterocycles. The topological polar surface area (TPSA) is 0 Å². The molecule has 1 unspecified atom stereocenters. The Balaban J connectivity index is 1.51. The predicted molar refractivity (Wildman–Crippen MR) is 215 cm³/mol. The second-order valence-electron chi connectivity index (χ2n) is 16.6. The van der Waals surface area contributed by atoms with Crippen LogP contribution in [0.25, 0.3) is 28.3 Å². The summed E-state index contributed by atoms with van der Waals surface area (Å²) >= 11 is -3.01. The van der Waals surface area contributed by atoms with Gasteiger partial charge in [0.1, 0.15) is 0 Å². The molecule has 0 aromatic heterocycles. The summed E-state index contributed by atoms with van der Waals surface area (Å²) < 4.78 is 2.33. The summed E-state index contributed by atoms with van der Waals surface area (Å²) in [5.41, 5.74) is 18.7. The van der Waals surface area contributed by atoms with Crippen LogP contribution in [0, 0.1) is 0 Å². The zero-order valence-electron chi connectivity index (χ0n) is 31.1. The standard InChI is InChI=1S/C21H25.C16H13.C13H10.Zr/c1-20(2,3)16-7-9-18-14(12-16)11-15-13-17(21(4,5)6)8-10-19(15)18;1-12-10-14-8-5-9-15(16(14)11-12)13-6-3-2-4-7-13;1-3-7-12(8-4-1)11-13-9-5-2-6-10-13;/h7-13H,1-6H3;2-11H,1H3;1-10H;. The van der Waals surface area contributed by atoms with Crippen molar-refractivity contribution >= 4 is 9.28 Å². The fourth-order valence-corrected chi connectivity index (χ4v) is 18.9. The Morgan fingerprint density at radius 2 is 0.961 bits per heavy atom. The van der Waals surface area contributed by atoms with Gasteiger partial charge in [0.05, 0.1) is 0 Å². The Labute approximate surface area is 313 Å². The Morgan fingerprint density at radius 3 is 1.45 bits per heavy atom. The van der Waals surface area contributed by atoms with Gasteiger partial charge >= 0.3 is 315 Å². The van der Waals surface area contributed by atoms with E-state index in [2.05, 4.69) is 200 Å². The summed E-state index contributed by atoms with van der Waals surface area (Å²) in [6, 6.07) is 55.8. The second-order valence-corrected chi connectivity index (χ2v) is 22.9. The average Bonchev–Trinajstić information content (AvgIpc) is 3.64. The molecule has 0 spiro atoms. The zero-order valence-corrected chi connectivity index (χ0v) is 33.5. The molecule has 8 rings (SSSR count). The molecular weight excluding hydrogens is 692 g/mol. The SMILES string of the molecule is CC1=Cc2c(-c3ccccc3)cccc2[CH]1[Zr](=[C](c1ccccc1)c1ccccc1)[CH]1c2cc(C(C)(C)C)ccc2-c2ccc(C(C)(C)C)cc21. The van der Waals surface area contributed by atoms with Crippen LogP contribution >= 0.6 is 0 Å². The van der Waals surface area contributed by atoms with Crippen LogP contribution in [0.4, 0.5) is 0 Å². The van der Waals surface area contributed by atoms with Gasteiger partial charge in [0.15, 0.2) is 0 Å². The van der Waals surface area contributed by atoms with Gasteiger partial charge in [0.25, 0.3) is 0 Å². The predicted octanol–water partition coefficient (Wildman–Crippen LogP) is 13.1. The molecule has 0 fully saturated rings. The van der Waals surface area contributed by atoms with E-state index in [0.29, 0.717) is 7.25 Å². The van der Waals surface area contributed by atoms with E-state index in [0.717, 1.165) is 0 Å². The van der Waals surface area contributed by atoms with E-state index >= 15 is 0 Å². The van der Waals surface area contributed by atoms with Crippen molar-refractivity contribution in [3.8, 4) is 22.3 Å². The average molecular weight is 740 g/mol. The summed E-state index contributed by atoms with van der Waals surface area (Å²) in [5, 5.41) is 0. The van der Waals surface area contributed by atoms with Crippen LogP contribution in [-0.4, -0.2) is 3.21 Å². The summed E-state index contributed by atoms with van der Waals surface area (Å²) in [6.07, 6.45) is 2.55. The molecule has 0 N–H and O–H groups in total. The maximum absolute atomic E-state index is 3.01. The van der Waals surface area contributed by atoms with Gasteiger partial charge in [-0.3, -0.25) is 0 Å². The second kappa shape index (κ2) is 13.1. The van der Waals surface area contributed by atoms with Gasteiger partial charge in [-0.15, -0.1) is 0 Å². The van der Waals surface area contributed by atoms with Gasteiger partial charge in [-0.2, -0.15) is 0 Å². The first-order chi connectivity index (χ1) is 24.5. The van der Waals surface area contributed by atoms with Crippen LogP contribution in [0.3, 0.4) is 0 Å². The fourth-order valence-electron chi connectivity index (χ4n) is 8.53. The van der Waals surface area contributed by atoms with E-state index in [-0.39, 0.29) is 10.8 Å². The van der Waals surface area contributed by atoms with Crippen LogP contribution in [0.1, 0.15) is 100 Å². The van der Waals surface area contributed by atoms with E-state index in [1.54, 1.807) is 14.3 Å². The molecule has 252 valence electrons. The third kappa shape index (κ3) is 6.13. The van der Waals surface area contributed by atoms with Crippen molar-refractivity contribution in [3.63, 3.8) is 0 Å². The van der Waals surface area contributed by atoms with Crippen molar-refractivity contribution in [1.82, 2.24) is 0 Å². The molecule has 2 aliphatic carbocycles.